The maximum atomic E-state index is 12.4. The van der Waals surface area contributed by atoms with Crippen molar-refractivity contribution >= 4 is 5.91 Å². The Kier molecular flexibility index (Phi) is 4.71. The van der Waals surface area contributed by atoms with Crippen LogP contribution in [0, 0.1) is 0 Å². The maximum absolute atomic E-state index is 12.4. The Hall–Kier alpha value is -1.65. The van der Waals surface area contributed by atoms with Crippen molar-refractivity contribution in [2.75, 3.05) is 26.2 Å². The molecule has 1 aliphatic heterocycles. The first-order valence-corrected chi connectivity index (χ1v) is 6.55. The van der Waals surface area contributed by atoms with Gasteiger partial charge in [-0.2, -0.15) is 0 Å². The van der Waals surface area contributed by atoms with Crippen LogP contribution in [0.4, 0.5) is 0 Å². The van der Waals surface area contributed by atoms with Crippen molar-refractivity contribution in [1.82, 2.24) is 10.2 Å². The molecule has 0 atom stereocenters. The molecular formula is C15H20N2O2. The lowest BCUT2D eigenvalue weighted by atomic mass is 10.0. The fraction of sp³-hybridized carbons (Fsp3) is 0.400. The lowest BCUT2D eigenvalue weighted by Gasteiger charge is -2.26. The van der Waals surface area contributed by atoms with Crippen LogP contribution in [0.25, 0.3) is 0 Å². The zero-order chi connectivity index (χ0) is 13.7. The molecule has 4 heteroatoms. The van der Waals surface area contributed by atoms with Crippen LogP contribution in [0.1, 0.15) is 12.5 Å². The van der Waals surface area contributed by atoms with Crippen LogP contribution in [0.3, 0.4) is 0 Å². The van der Waals surface area contributed by atoms with Gasteiger partial charge in [-0.15, -0.1) is 0 Å². The SMILES string of the molecule is CC(C(=O)N(CCO)Cc1ccccc1)=C1CNC1. The molecule has 1 saturated heterocycles. The number of aliphatic hydroxyl groups excluding tert-OH is 1. The Balaban J connectivity index is 2.09. The summed E-state index contributed by atoms with van der Waals surface area (Å²) in [6, 6.07) is 9.85. The molecule has 0 saturated carbocycles. The van der Waals surface area contributed by atoms with Crippen molar-refractivity contribution in [3.8, 4) is 0 Å². The van der Waals surface area contributed by atoms with E-state index >= 15 is 0 Å². The first kappa shape index (κ1) is 13.8. The Morgan fingerprint density at radius 2 is 2.00 bits per heavy atom. The van der Waals surface area contributed by atoms with E-state index in [0.29, 0.717) is 13.1 Å². The van der Waals surface area contributed by atoms with Gasteiger partial charge in [0.1, 0.15) is 0 Å². The van der Waals surface area contributed by atoms with Gasteiger partial charge in [-0.05, 0) is 18.1 Å². The highest BCUT2D eigenvalue weighted by Gasteiger charge is 2.20. The largest absolute Gasteiger partial charge is 0.395 e. The Morgan fingerprint density at radius 3 is 2.53 bits per heavy atom. The second-order valence-corrected chi connectivity index (χ2v) is 4.77. The number of hydrogen-bond acceptors (Lipinski definition) is 3. The van der Waals surface area contributed by atoms with E-state index in [0.717, 1.165) is 24.2 Å². The van der Waals surface area contributed by atoms with Crippen molar-refractivity contribution in [2.24, 2.45) is 0 Å². The Bertz CT molecular complexity index is 462. The minimum absolute atomic E-state index is 0.0144. The molecule has 2 rings (SSSR count). The number of carbonyl (C=O) groups is 1. The molecule has 0 aliphatic carbocycles. The van der Waals surface area contributed by atoms with E-state index in [9.17, 15) is 4.79 Å². The second kappa shape index (κ2) is 6.50. The molecular weight excluding hydrogens is 240 g/mol. The summed E-state index contributed by atoms with van der Waals surface area (Å²) in [6.07, 6.45) is 0. The van der Waals surface area contributed by atoms with Gasteiger partial charge in [0, 0.05) is 31.8 Å². The summed E-state index contributed by atoms with van der Waals surface area (Å²) in [5.41, 5.74) is 3.05. The summed E-state index contributed by atoms with van der Waals surface area (Å²) in [7, 11) is 0. The molecule has 19 heavy (non-hydrogen) atoms. The third-order valence-corrected chi connectivity index (χ3v) is 3.40. The van der Waals surface area contributed by atoms with Gasteiger partial charge in [0.2, 0.25) is 5.91 Å². The maximum Gasteiger partial charge on any atom is 0.249 e. The van der Waals surface area contributed by atoms with Gasteiger partial charge in [0.25, 0.3) is 0 Å². The third-order valence-electron chi connectivity index (χ3n) is 3.40. The monoisotopic (exact) mass is 260 g/mol. The van der Waals surface area contributed by atoms with E-state index in [1.807, 2.05) is 37.3 Å². The van der Waals surface area contributed by atoms with Crippen LogP contribution in [-0.4, -0.2) is 42.2 Å². The zero-order valence-corrected chi connectivity index (χ0v) is 11.2. The molecule has 4 nitrogen and oxygen atoms in total. The molecule has 1 amide bonds. The van der Waals surface area contributed by atoms with Crippen LogP contribution in [-0.2, 0) is 11.3 Å². The molecule has 0 aromatic heterocycles. The molecule has 0 bridgehead atoms. The van der Waals surface area contributed by atoms with Gasteiger partial charge >= 0.3 is 0 Å². The smallest absolute Gasteiger partial charge is 0.249 e. The van der Waals surface area contributed by atoms with Crippen LogP contribution < -0.4 is 5.32 Å². The molecule has 0 unspecified atom stereocenters. The molecule has 1 heterocycles. The highest BCUT2D eigenvalue weighted by molar-refractivity contribution is 5.94. The number of hydrogen-bond donors (Lipinski definition) is 2. The fourth-order valence-corrected chi connectivity index (χ4v) is 2.08. The second-order valence-electron chi connectivity index (χ2n) is 4.77. The molecule has 2 N–H and O–H groups in total. The van der Waals surface area contributed by atoms with E-state index in [1.165, 1.54) is 5.57 Å². The molecule has 1 aromatic rings. The van der Waals surface area contributed by atoms with Crippen molar-refractivity contribution in [3.05, 3.63) is 47.0 Å². The van der Waals surface area contributed by atoms with Crippen LogP contribution in [0.2, 0.25) is 0 Å². The Morgan fingerprint density at radius 1 is 1.32 bits per heavy atom. The van der Waals surface area contributed by atoms with Crippen molar-refractivity contribution in [2.45, 2.75) is 13.5 Å². The van der Waals surface area contributed by atoms with Gasteiger partial charge in [-0.3, -0.25) is 4.79 Å². The van der Waals surface area contributed by atoms with Crippen LogP contribution in [0.15, 0.2) is 41.5 Å². The molecule has 0 radical (unpaired) electrons. The number of amides is 1. The zero-order valence-electron chi connectivity index (χ0n) is 11.2. The lowest BCUT2D eigenvalue weighted by Crippen LogP contribution is -2.39. The Labute approximate surface area is 113 Å². The third kappa shape index (κ3) is 3.43. The average molecular weight is 260 g/mol. The number of aliphatic hydroxyl groups is 1. The first-order chi connectivity index (χ1) is 9.22. The fourth-order valence-electron chi connectivity index (χ4n) is 2.08. The van der Waals surface area contributed by atoms with E-state index < -0.39 is 0 Å². The summed E-state index contributed by atoms with van der Waals surface area (Å²) < 4.78 is 0. The topological polar surface area (TPSA) is 52.6 Å². The van der Waals surface area contributed by atoms with E-state index in [2.05, 4.69) is 5.32 Å². The summed E-state index contributed by atoms with van der Waals surface area (Å²) in [5, 5.41) is 12.3. The van der Waals surface area contributed by atoms with Crippen LogP contribution in [0.5, 0.6) is 0 Å². The highest BCUT2D eigenvalue weighted by atomic mass is 16.3. The van der Waals surface area contributed by atoms with E-state index in [1.54, 1.807) is 4.90 Å². The summed E-state index contributed by atoms with van der Waals surface area (Å²) in [5.74, 6) is 0.0226. The van der Waals surface area contributed by atoms with E-state index in [-0.39, 0.29) is 12.5 Å². The van der Waals surface area contributed by atoms with Gasteiger partial charge in [-0.1, -0.05) is 30.3 Å². The van der Waals surface area contributed by atoms with E-state index in [4.69, 9.17) is 5.11 Å². The number of nitrogens with one attached hydrogen (secondary N) is 1. The quantitative estimate of drug-likeness (QED) is 0.774. The number of benzene rings is 1. The summed E-state index contributed by atoms with van der Waals surface area (Å²) in [6.45, 7) is 4.36. The number of rotatable bonds is 5. The molecule has 1 fully saturated rings. The predicted molar refractivity (Wildman–Crippen MR) is 74.5 cm³/mol. The molecule has 0 spiro atoms. The minimum Gasteiger partial charge on any atom is -0.395 e. The van der Waals surface area contributed by atoms with Gasteiger partial charge in [0.05, 0.1) is 6.61 Å². The minimum atomic E-state index is -0.0144. The number of nitrogens with zero attached hydrogens (tertiary/aromatic N) is 1. The summed E-state index contributed by atoms with van der Waals surface area (Å²) >= 11 is 0. The lowest BCUT2D eigenvalue weighted by molar-refractivity contribution is -0.128. The summed E-state index contributed by atoms with van der Waals surface area (Å²) in [4.78, 5) is 14.1. The normalized spacial score (nSPS) is 13.9. The molecule has 1 aromatic carbocycles. The van der Waals surface area contributed by atoms with Gasteiger partial charge in [0.15, 0.2) is 0 Å². The van der Waals surface area contributed by atoms with Crippen molar-refractivity contribution in [3.63, 3.8) is 0 Å². The molecule has 102 valence electrons. The average Bonchev–Trinajstić information content (AvgIpc) is 2.36. The van der Waals surface area contributed by atoms with Gasteiger partial charge < -0.3 is 15.3 Å². The molecule has 1 aliphatic rings. The van der Waals surface area contributed by atoms with Crippen LogP contribution >= 0.6 is 0 Å². The predicted octanol–water partition coefficient (Wildman–Crippen LogP) is 0.927. The van der Waals surface area contributed by atoms with Gasteiger partial charge in [-0.25, -0.2) is 0 Å². The number of carbonyl (C=O) groups excluding carboxylic acids is 1. The van der Waals surface area contributed by atoms with Crippen molar-refractivity contribution in [1.29, 1.82) is 0 Å². The highest BCUT2D eigenvalue weighted by Crippen LogP contribution is 2.14. The standard InChI is InChI=1S/C15H20N2O2/c1-12(14-9-16-10-14)15(19)17(7-8-18)11-13-5-3-2-4-6-13/h2-6,16,18H,7-11H2,1H3. The van der Waals surface area contributed by atoms with Crippen molar-refractivity contribution < 1.29 is 9.90 Å². The first-order valence-electron chi connectivity index (χ1n) is 6.55.